The molecule has 62 valence electrons. The molecule has 0 fully saturated rings. The van der Waals surface area contributed by atoms with E-state index >= 15 is 0 Å². The molecule has 0 spiro atoms. The number of aryl methyl sites for hydroxylation is 1. The van der Waals surface area contributed by atoms with Crippen molar-refractivity contribution in [3.05, 3.63) is 22.0 Å². The summed E-state index contributed by atoms with van der Waals surface area (Å²) in [5.41, 5.74) is 0.993. The summed E-state index contributed by atoms with van der Waals surface area (Å²) in [6, 6.07) is 2.03. The lowest BCUT2D eigenvalue weighted by Gasteiger charge is -1.74. The van der Waals surface area contributed by atoms with E-state index in [0.29, 0.717) is 0 Å². The molecule has 0 atom stereocenters. The average molecular weight is 187 g/mol. The standard InChI is InChI=1S/C6H7NS2.C2H6/c1-5-4-6(2-3-8)7-9-5;1-2/h2-4,8H,1H3;1-2H3/b3-2+;. The molecule has 0 aliphatic heterocycles. The Hall–Kier alpha value is -0.280. The van der Waals surface area contributed by atoms with Gasteiger partial charge in [-0.1, -0.05) is 13.8 Å². The summed E-state index contributed by atoms with van der Waals surface area (Å²) in [4.78, 5) is 1.23. The Morgan fingerprint density at radius 2 is 2.18 bits per heavy atom. The highest BCUT2D eigenvalue weighted by atomic mass is 32.1. The highest BCUT2D eigenvalue weighted by molar-refractivity contribution is 7.83. The summed E-state index contributed by atoms with van der Waals surface area (Å²) >= 11 is 5.43. The minimum absolute atomic E-state index is 0.993. The van der Waals surface area contributed by atoms with Gasteiger partial charge in [0, 0.05) is 4.88 Å². The first-order chi connectivity index (χ1) is 5.33. The minimum Gasteiger partial charge on any atom is -0.193 e. The molecule has 0 amide bonds. The highest BCUT2D eigenvalue weighted by Gasteiger charge is 1.90. The molecule has 0 saturated heterocycles. The Bertz CT molecular complexity index is 216. The maximum absolute atomic E-state index is 4.11. The topological polar surface area (TPSA) is 12.9 Å². The number of hydrogen-bond donors (Lipinski definition) is 1. The third-order valence-corrected chi connectivity index (χ3v) is 1.75. The largest absolute Gasteiger partial charge is 0.193 e. The highest BCUT2D eigenvalue weighted by Crippen LogP contribution is 2.09. The van der Waals surface area contributed by atoms with E-state index in [-0.39, 0.29) is 0 Å². The molecule has 0 bridgehead atoms. The Kier molecular flexibility index (Phi) is 6.27. The van der Waals surface area contributed by atoms with Gasteiger partial charge in [-0.25, -0.2) is 0 Å². The van der Waals surface area contributed by atoms with E-state index in [4.69, 9.17) is 0 Å². The van der Waals surface area contributed by atoms with Gasteiger partial charge in [0.15, 0.2) is 0 Å². The second-order valence-electron chi connectivity index (χ2n) is 1.68. The summed E-state index contributed by atoms with van der Waals surface area (Å²) in [5.74, 6) is 0. The molecule has 0 aliphatic rings. The molecule has 0 saturated carbocycles. The van der Waals surface area contributed by atoms with Crippen LogP contribution >= 0.6 is 24.2 Å². The van der Waals surface area contributed by atoms with Crippen LogP contribution in [0.5, 0.6) is 0 Å². The number of rotatable bonds is 1. The molecule has 0 unspecified atom stereocenters. The van der Waals surface area contributed by atoms with Gasteiger partial charge >= 0.3 is 0 Å². The third kappa shape index (κ3) is 4.22. The second kappa shape index (κ2) is 6.43. The SMILES string of the molecule is CC.Cc1cc(/C=C/S)ns1. The van der Waals surface area contributed by atoms with Crippen LogP contribution < -0.4 is 0 Å². The number of hydrogen-bond acceptors (Lipinski definition) is 3. The lowest BCUT2D eigenvalue weighted by atomic mass is 10.4. The van der Waals surface area contributed by atoms with Gasteiger partial charge in [-0.3, -0.25) is 0 Å². The van der Waals surface area contributed by atoms with Crippen molar-refractivity contribution in [2.75, 3.05) is 0 Å². The van der Waals surface area contributed by atoms with Gasteiger partial charge in [0.1, 0.15) is 0 Å². The van der Waals surface area contributed by atoms with Crippen LogP contribution in [0.25, 0.3) is 6.08 Å². The van der Waals surface area contributed by atoms with Gasteiger partial charge < -0.3 is 0 Å². The van der Waals surface area contributed by atoms with Crippen LogP contribution in [0.15, 0.2) is 11.5 Å². The number of nitrogens with zero attached hydrogens (tertiary/aromatic N) is 1. The maximum Gasteiger partial charge on any atom is 0.0776 e. The zero-order valence-corrected chi connectivity index (χ0v) is 8.75. The first-order valence-corrected chi connectivity index (χ1v) is 4.86. The Morgan fingerprint density at radius 3 is 2.55 bits per heavy atom. The van der Waals surface area contributed by atoms with E-state index in [1.54, 1.807) is 5.41 Å². The summed E-state index contributed by atoms with van der Waals surface area (Å²) in [5, 5.41) is 1.69. The lowest BCUT2D eigenvalue weighted by molar-refractivity contribution is 1.50. The fourth-order valence-electron chi connectivity index (χ4n) is 0.541. The molecule has 0 radical (unpaired) electrons. The van der Waals surface area contributed by atoms with E-state index in [9.17, 15) is 0 Å². The smallest absolute Gasteiger partial charge is 0.0776 e. The summed E-state index contributed by atoms with van der Waals surface area (Å²) in [7, 11) is 0. The molecule has 3 heteroatoms. The van der Waals surface area contributed by atoms with Crippen LogP contribution in [0.1, 0.15) is 24.4 Å². The van der Waals surface area contributed by atoms with Crippen molar-refractivity contribution in [2.45, 2.75) is 20.8 Å². The van der Waals surface area contributed by atoms with Crippen LogP contribution in [0.2, 0.25) is 0 Å². The van der Waals surface area contributed by atoms with Gasteiger partial charge in [0.25, 0.3) is 0 Å². The minimum atomic E-state index is 0.993. The normalized spacial score (nSPS) is 9.45. The zero-order chi connectivity index (χ0) is 8.69. The van der Waals surface area contributed by atoms with Crippen LogP contribution in [-0.2, 0) is 0 Å². The summed E-state index contributed by atoms with van der Waals surface area (Å²) in [6.07, 6.45) is 1.87. The summed E-state index contributed by atoms with van der Waals surface area (Å²) in [6.45, 7) is 6.04. The Balaban J connectivity index is 0.000000461. The molecule has 0 aliphatic carbocycles. The van der Waals surface area contributed by atoms with Crippen LogP contribution in [0.3, 0.4) is 0 Å². The Morgan fingerprint density at radius 1 is 1.55 bits per heavy atom. The van der Waals surface area contributed by atoms with Crippen LogP contribution in [0.4, 0.5) is 0 Å². The van der Waals surface area contributed by atoms with E-state index in [2.05, 4.69) is 17.0 Å². The second-order valence-corrected chi connectivity index (χ2v) is 2.99. The van der Waals surface area contributed by atoms with E-state index in [1.807, 2.05) is 32.9 Å². The van der Waals surface area contributed by atoms with E-state index in [0.717, 1.165) is 5.69 Å². The molecule has 11 heavy (non-hydrogen) atoms. The molecule has 1 aromatic heterocycles. The molecule has 0 N–H and O–H groups in total. The van der Waals surface area contributed by atoms with Gasteiger partial charge in [-0.2, -0.15) is 17.0 Å². The molecule has 0 aromatic carbocycles. The number of aromatic nitrogens is 1. The van der Waals surface area contributed by atoms with Crippen molar-refractivity contribution in [3.8, 4) is 0 Å². The van der Waals surface area contributed by atoms with Crippen molar-refractivity contribution in [1.29, 1.82) is 0 Å². The molecule has 1 heterocycles. The van der Waals surface area contributed by atoms with Crippen LogP contribution in [-0.4, -0.2) is 4.37 Å². The average Bonchev–Trinajstić information content (AvgIpc) is 2.41. The Labute approximate surface area is 77.7 Å². The fraction of sp³-hybridized carbons (Fsp3) is 0.375. The molecular weight excluding hydrogens is 174 g/mol. The van der Waals surface area contributed by atoms with Crippen molar-refractivity contribution < 1.29 is 0 Å². The monoisotopic (exact) mass is 187 g/mol. The molecular formula is C8H13NS2. The molecule has 1 nitrogen and oxygen atoms in total. The third-order valence-electron chi connectivity index (χ3n) is 0.891. The quantitative estimate of drug-likeness (QED) is 0.665. The lowest BCUT2D eigenvalue weighted by Crippen LogP contribution is -1.62. The van der Waals surface area contributed by atoms with Crippen molar-refractivity contribution in [1.82, 2.24) is 4.37 Å². The number of thiol groups is 1. The van der Waals surface area contributed by atoms with Crippen molar-refractivity contribution >= 4 is 30.2 Å². The first kappa shape index (κ1) is 10.7. The van der Waals surface area contributed by atoms with Crippen LogP contribution in [0, 0.1) is 6.92 Å². The van der Waals surface area contributed by atoms with Crippen molar-refractivity contribution in [3.63, 3.8) is 0 Å². The maximum atomic E-state index is 4.11. The molecule has 1 aromatic rings. The predicted octanol–water partition coefficient (Wildman–Crippen LogP) is 3.38. The zero-order valence-electron chi connectivity index (χ0n) is 7.03. The summed E-state index contributed by atoms with van der Waals surface area (Å²) < 4.78 is 4.11. The van der Waals surface area contributed by atoms with Gasteiger partial charge in [0.05, 0.1) is 5.69 Å². The predicted molar refractivity (Wildman–Crippen MR) is 56.2 cm³/mol. The van der Waals surface area contributed by atoms with Gasteiger partial charge in [-0.15, -0.1) is 0 Å². The fourth-order valence-corrected chi connectivity index (χ4v) is 1.23. The molecule has 1 rings (SSSR count). The first-order valence-electron chi connectivity index (χ1n) is 3.57. The van der Waals surface area contributed by atoms with E-state index < -0.39 is 0 Å². The van der Waals surface area contributed by atoms with E-state index in [1.165, 1.54) is 16.4 Å². The van der Waals surface area contributed by atoms with Gasteiger partial charge in [-0.05, 0) is 36.0 Å². The van der Waals surface area contributed by atoms with Gasteiger partial charge in [0.2, 0.25) is 0 Å². The van der Waals surface area contributed by atoms with Crippen molar-refractivity contribution in [2.24, 2.45) is 0 Å².